The van der Waals surface area contributed by atoms with Crippen LogP contribution in [0.4, 0.5) is 0 Å². The van der Waals surface area contributed by atoms with Crippen LogP contribution in [0.5, 0.6) is 0 Å². The molecule has 0 nitrogen and oxygen atoms in total. The summed E-state index contributed by atoms with van der Waals surface area (Å²) in [5, 5.41) is 0. The SMILES string of the molecule is CCc1ccc(-c2cccc3c2C=C(C(C)(C)C)[CH]3[Zr+2]2([CH]3C(C(C)(C)C)=Cc4c(-c5ccc(CC)cc5)cccc43)[CH2][CH2]2)cc1.[Cl-].[Cl-]. The van der Waals surface area contributed by atoms with E-state index in [-0.39, 0.29) is 35.6 Å². The van der Waals surface area contributed by atoms with Crippen LogP contribution in [0.1, 0.15) is 96.0 Å². The number of allylic oxidation sites excluding steroid dienone is 2. The molecule has 1 fully saturated rings. The molecule has 4 aromatic rings. The molecular formula is C44H50Cl2Zr. The predicted molar refractivity (Wildman–Crippen MR) is 192 cm³/mol. The topological polar surface area (TPSA) is 0 Å². The quantitative estimate of drug-likeness (QED) is 0.204. The monoisotopic (exact) mass is 738 g/mol. The van der Waals surface area contributed by atoms with E-state index in [9.17, 15) is 0 Å². The summed E-state index contributed by atoms with van der Waals surface area (Å²) in [4.78, 5) is 0. The largest absolute Gasteiger partial charge is 1.00 e. The van der Waals surface area contributed by atoms with Gasteiger partial charge in [0.05, 0.1) is 0 Å². The fourth-order valence-corrected chi connectivity index (χ4v) is 27.0. The first-order valence-corrected chi connectivity index (χ1v) is 23.7. The van der Waals surface area contributed by atoms with E-state index in [1.54, 1.807) is 22.3 Å². The standard InChI is InChI=1S/2C21H23.C2H4.2ClH.Zr/c2*1-5-15-9-11-16(12-10-15)19-8-6-7-17-13-18(14-20(17)19)21(2,3)4;1-2;;;/h2*6-14H,5H2,1-4H3;1-2H2;2*1H;/q;;;;;+2/p-2. The number of fused-ring (bicyclic) bond motifs is 2. The molecule has 0 radical (unpaired) electrons. The van der Waals surface area contributed by atoms with Crippen LogP contribution in [0.15, 0.2) is 96.1 Å². The van der Waals surface area contributed by atoms with Gasteiger partial charge >= 0.3 is 279 Å². The van der Waals surface area contributed by atoms with Crippen molar-refractivity contribution in [3.8, 4) is 22.3 Å². The van der Waals surface area contributed by atoms with E-state index in [0.29, 0.717) is 7.25 Å². The van der Waals surface area contributed by atoms with Gasteiger partial charge in [0.2, 0.25) is 0 Å². The Kier molecular flexibility index (Phi) is 10.2. The minimum absolute atomic E-state index is 0. The van der Waals surface area contributed by atoms with Crippen molar-refractivity contribution in [1.82, 2.24) is 0 Å². The molecule has 47 heavy (non-hydrogen) atoms. The molecule has 2 unspecified atom stereocenters. The minimum atomic E-state index is -2.89. The van der Waals surface area contributed by atoms with Crippen molar-refractivity contribution in [3.05, 3.63) is 129 Å². The molecule has 0 bridgehead atoms. The Bertz CT molecular complexity index is 1690. The predicted octanol–water partition coefficient (Wildman–Crippen LogP) is 6.83. The Morgan fingerprint density at radius 3 is 1.19 bits per heavy atom. The first kappa shape index (κ1) is 36.1. The van der Waals surface area contributed by atoms with Gasteiger partial charge in [0.15, 0.2) is 0 Å². The van der Waals surface area contributed by atoms with Gasteiger partial charge < -0.3 is 24.8 Å². The van der Waals surface area contributed by atoms with Gasteiger partial charge in [-0.25, -0.2) is 0 Å². The van der Waals surface area contributed by atoms with Crippen LogP contribution in [-0.2, 0) is 33.1 Å². The number of rotatable bonds is 6. The van der Waals surface area contributed by atoms with Gasteiger partial charge in [-0.2, -0.15) is 0 Å². The molecular weight excluding hydrogens is 691 g/mol. The van der Waals surface area contributed by atoms with Crippen molar-refractivity contribution >= 4 is 12.2 Å². The second-order valence-corrected chi connectivity index (χ2v) is 27.4. The normalized spacial score (nSPS) is 18.5. The second kappa shape index (κ2) is 13.3. The number of halogens is 2. The summed E-state index contributed by atoms with van der Waals surface area (Å²) in [6.07, 6.45) is 7.47. The van der Waals surface area contributed by atoms with Gasteiger partial charge in [-0.1, -0.05) is 0 Å². The zero-order chi connectivity index (χ0) is 31.7. The number of hydrogen-bond donors (Lipinski definition) is 0. The van der Waals surface area contributed by atoms with Crippen molar-refractivity contribution in [3.63, 3.8) is 0 Å². The summed E-state index contributed by atoms with van der Waals surface area (Å²) < 4.78 is 4.21. The molecule has 0 spiro atoms. The van der Waals surface area contributed by atoms with Gasteiger partial charge in [0, 0.05) is 0 Å². The first-order valence-electron chi connectivity index (χ1n) is 17.3. The second-order valence-electron chi connectivity index (χ2n) is 16.0. The molecule has 0 N–H and O–H groups in total. The zero-order valence-electron chi connectivity index (χ0n) is 29.5. The fraction of sp³-hybridized carbons (Fsp3) is 0.364. The maximum Gasteiger partial charge on any atom is -1.00 e. The molecule has 7 rings (SSSR count). The van der Waals surface area contributed by atoms with Gasteiger partial charge in [-0.15, -0.1) is 0 Å². The van der Waals surface area contributed by atoms with E-state index in [0.717, 1.165) is 12.8 Å². The number of benzene rings is 4. The van der Waals surface area contributed by atoms with E-state index < -0.39 is 20.3 Å². The molecule has 0 amide bonds. The summed E-state index contributed by atoms with van der Waals surface area (Å²) in [5.41, 5.74) is 18.3. The molecule has 2 atom stereocenters. The Morgan fingerprint density at radius 2 is 0.894 bits per heavy atom. The smallest absolute Gasteiger partial charge is 1.00 e. The van der Waals surface area contributed by atoms with Crippen LogP contribution in [0.3, 0.4) is 0 Å². The Labute approximate surface area is 301 Å². The van der Waals surface area contributed by atoms with Crippen LogP contribution < -0.4 is 24.8 Å². The maximum absolute atomic E-state index is 2.89. The van der Waals surface area contributed by atoms with E-state index >= 15 is 0 Å². The summed E-state index contributed by atoms with van der Waals surface area (Å²) in [6.45, 7) is 19.3. The van der Waals surface area contributed by atoms with E-state index in [2.05, 4.69) is 152 Å². The summed E-state index contributed by atoms with van der Waals surface area (Å²) in [7, 11) is 0. The Balaban J connectivity index is 0.00000217. The molecule has 2 aliphatic carbocycles. The Morgan fingerprint density at radius 1 is 0.532 bits per heavy atom. The summed E-state index contributed by atoms with van der Waals surface area (Å²) in [6, 6.07) is 33.2. The molecule has 0 saturated carbocycles. The summed E-state index contributed by atoms with van der Waals surface area (Å²) in [5.74, 6) is 0. The zero-order valence-corrected chi connectivity index (χ0v) is 33.4. The van der Waals surface area contributed by atoms with Gasteiger partial charge in [-0.05, 0) is 0 Å². The molecule has 3 aliphatic rings. The Hall–Kier alpha value is -2.18. The maximum atomic E-state index is 2.65. The minimum Gasteiger partial charge on any atom is -1.00 e. The van der Waals surface area contributed by atoms with Crippen LogP contribution in [0, 0.1) is 10.8 Å². The van der Waals surface area contributed by atoms with Gasteiger partial charge in [0.25, 0.3) is 0 Å². The van der Waals surface area contributed by atoms with E-state index in [1.807, 2.05) is 0 Å². The first-order chi connectivity index (χ1) is 21.5. The van der Waals surface area contributed by atoms with Crippen molar-refractivity contribution in [2.75, 3.05) is 0 Å². The van der Waals surface area contributed by atoms with Crippen LogP contribution in [0.2, 0.25) is 8.26 Å². The number of aryl methyl sites for hydroxylation is 2. The summed E-state index contributed by atoms with van der Waals surface area (Å²) >= 11 is -2.89. The average Bonchev–Trinajstić information content (AvgIpc) is 3.52. The fourth-order valence-electron chi connectivity index (χ4n) is 8.57. The van der Waals surface area contributed by atoms with Crippen molar-refractivity contribution in [1.29, 1.82) is 0 Å². The average molecular weight is 741 g/mol. The number of hydrogen-bond acceptors (Lipinski definition) is 0. The van der Waals surface area contributed by atoms with Crippen LogP contribution >= 0.6 is 0 Å². The molecule has 3 heteroatoms. The third-order valence-electron chi connectivity index (χ3n) is 11.2. The molecule has 1 saturated heterocycles. The van der Waals surface area contributed by atoms with Crippen molar-refractivity contribution in [2.24, 2.45) is 10.8 Å². The third-order valence-corrected chi connectivity index (χ3v) is 24.0. The van der Waals surface area contributed by atoms with E-state index in [4.69, 9.17) is 0 Å². The van der Waals surface area contributed by atoms with Gasteiger partial charge in [-0.3, -0.25) is 0 Å². The molecule has 4 aromatic carbocycles. The molecule has 0 aromatic heterocycles. The molecule has 1 aliphatic heterocycles. The van der Waals surface area contributed by atoms with E-state index in [1.165, 1.54) is 52.8 Å². The van der Waals surface area contributed by atoms with Crippen molar-refractivity contribution < 1.29 is 45.1 Å². The van der Waals surface area contributed by atoms with Gasteiger partial charge in [0.1, 0.15) is 0 Å². The molecule has 1 heterocycles. The third kappa shape index (κ3) is 6.24. The molecule has 244 valence electrons. The van der Waals surface area contributed by atoms with Crippen molar-refractivity contribution in [2.45, 2.75) is 83.7 Å². The van der Waals surface area contributed by atoms with Crippen LogP contribution in [-0.4, -0.2) is 0 Å². The van der Waals surface area contributed by atoms with Crippen LogP contribution in [0.25, 0.3) is 34.4 Å².